The van der Waals surface area contributed by atoms with Crippen molar-refractivity contribution in [2.75, 3.05) is 5.75 Å². The van der Waals surface area contributed by atoms with Crippen LogP contribution in [0, 0.1) is 0 Å². The average Bonchev–Trinajstić information content (AvgIpc) is 2.65. The molecule has 0 saturated heterocycles. The maximum atomic E-state index is 11.3. The lowest BCUT2D eigenvalue weighted by Gasteiger charge is -2.14. The number of allylic oxidation sites excluding steroid dienone is 1. The second-order valence-corrected chi connectivity index (χ2v) is 5.52. The Labute approximate surface area is 88.9 Å². The summed E-state index contributed by atoms with van der Waals surface area (Å²) in [6.45, 7) is 0.536. The number of rotatable bonds is 3. The molecule has 1 N–H and O–H groups in total. The zero-order valence-corrected chi connectivity index (χ0v) is 9.09. The van der Waals surface area contributed by atoms with Gasteiger partial charge in [-0.2, -0.15) is 0 Å². The van der Waals surface area contributed by atoms with E-state index in [1.165, 1.54) is 5.41 Å². The summed E-state index contributed by atoms with van der Waals surface area (Å²) in [7, 11) is -2.98. The van der Waals surface area contributed by atoms with Crippen molar-refractivity contribution in [3.8, 4) is 0 Å². The van der Waals surface area contributed by atoms with Gasteiger partial charge in [0, 0.05) is 11.1 Å². The minimum Gasteiger partial charge on any atom is -0.467 e. The molecule has 0 atom stereocenters. The molecule has 0 unspecified atom stereocenters. The molecule has 5 heteroatoms. The van der Waals surface area contributed by atoms with E-state index in [-0.39, 0.29) is 5.75 Å². The van der Waals surface area contributed by atoms with Crippen molar-refractivity contribution in [1.29, 1.82) is 0 Å². The fourth-order valence-electron chi connectivity index (χ4n) is 1.54. The average molecular weight is 227 g/mol. The predicted molar refractivity (Wildman–Crippen MR) is 56.7 cm³/mol. The van der Waals surface area contributed by atoms with Gasteiger partial charge >= 0.3 is 0 Å². The molecule has 1 aromatic heterocycles. The van der Waals surface area contributed by atoms with Crippen LogP contribution >= 0.6 is 0 Å². The van der Waals surface area contributed by atoms with E-state index in [2.05, 4.69) is 5.32 Å². The smallest absolute Gasteiger partial charge is 0.173 e. The van der Waals surface area contributed by atoms with Gasteiger partial charge in [0.25, 0.3) is 0 Å². The highest BCUT2D eigenvalue weighted by Gasteiger charge is 2.15. The first kappa shape index (κ1) is 10.3. The van der Waals surface area contributed by atoms with Crippen LogP contribution in [0.1, 0.15) is 18.6 Å². The highest BCUT2D eigenvalue weighted by Crippen LogP contribution is 2.14. The first-order valence-electron chi connectivity index (χ1n) is 4.85. The monoisotopic (exact) mass is 227 g/mol. The molecule has 0 fully saturated rings. The molecule has 0 amide bonds. The molecule has 0 aromatic carbocycles. The topological polar surface area (TPSA) is 59.3 Å². The van der Waals surface area contributed by atoms with Crippen molar-refractivity contribution in [2.24, 2.45) is 0 Å². The molecule has 0 radical (unpaired) electrons. The van der Waals surface area contributed by atoms with Crippen LogP contribution in [0.2, 0.25) is 0 Å². The maximum Gasteiger partial charge on any atom is 0.173 e. The number of hydrogen-bond donors (Lipinski definition) is 1. The van der Waals surface area contributed by atoms with Crippen LogP contribution < -0.4 is 5.32 Å². The summed E-state index contributed by atoms with van der Waals surface area (Å²) in [4.78, 5) is 0. The summed E-state index contributed by atoms with van der Waals surface area (Å²) in [6.07, 6.45) is 3.09. The van der Waals surface area contributed by atoms with Crippen LogP contribution in [0.25, 0.3) is 0 Å². The summed E-state index contributed by atoms with van der Waals surface area (Å²) >= 11 is 0. The fraction of sp³-hybridized carbons (Fsp3) is 0.400. The van der Waals surface area contributed by atoms with Gasteiger partial charge in [-0.3, -0.25) is 0 Å². The van der Waals surface area contributed by atoms with Crippen LogP contribution in [0.5, 0.6) is 0 Å². The molecule has 2 heterocycles. The molecule has 1 aromatic rings. The van der Waals surface area contributed by atoms with E-state index < -0.39 is 9.84 Å². The van der Waals surface area contributed by atoms with Crippen molar-refractivity contribution in [2.45, 2.75) is 19.4 Å². The SMILES string of the molecule is O=S1(=O)C=C(NCc2ccco2)CCC1. The van der Waals surface area contributed by atoms with E-state index in [1.807, 2.05) is 12.1 Å². The quantitative estimate of drug-likeness (QED) is 0.848. The third-order valence-corrected chi connectivity index (χ3v) is 3.77. The molecule has 0 bridgehead atoms. The molecule has 4 nitrogen and oxygen atoms in total. The molecule has 15 heavy (non-hydrogen) atoms. The largest absolute Gasteiger partial charge is 0.467 e. The van der Waals surface area contributed by atoms with Gasteiger partial charge in [0.1, 0.15) is 5.76 Å². The third kappa shape index (κ3) is 2.86. The minimum absolute atomic E-state index is 0.263. The Bertz CT molecular complexity index is 445. The van der Waals surface area contributed by atoms with Crippen molar-refractivity contribution < 1.29 is 12.8 Å². The van der Waals surface area contributed by atoms with Crippen LogP contribution in [-0.2, 0) is 16.4 Å². The van der Waals surface area contributed by atoms with E-state index in [9.17, 15) is 8.42 Å². The van der Waals surface area contributed by atoms with Gasteiger partial charge in [-0.25, -0.2) is 8.42 Å². The lowest BCUT2D eigenvalue weighted by Crippen LogP contribution is -2.19. The Kier molecular flexibility index (Phi) is 2.81. The molecule has 1 aliphatic heterocycles. The summed E-state index contributed by atoms with van der Waals surface area (Å²) in [5, 5.41) is 4.40. The van der Waals surface area contributed by atoms with Gasteiger partial charge in [-0.05, 0) is 25.0 Å². The molecule has 82 valence electrons. The van der Waals surface area contributed by atoms with Gasteiger partial charge in [0.05, 0.1) is 18.6 Å². The normalized spacial score (nSPS) is 19.6. The van der Waals surface area contributed by atoms with Crippen molar-refractivity contribution in [3.63, 3.8) is 0 Å². The van der Waals surface area contributed by atoms with E-state index in [4.69, 9.17) is 4.42 Å². The third-order valence-electron chi connectivity index (χ3n) is 2.27. The predicted octanol–water partition coefficient (Wildman–Crippen LogP) is 1.42. The molecule has 0 saturated carbocycles. The van der Waals surface area contributed by atoms with E-state index >= 15 is 0 Å². The van der Waals surface area contributed by atoms with Crippen LogP contribution in [0.4, 0.5) is 0 Å². The van der Waals surface area contributed by atoms with Crippen molar-refractivity contribution in [1.82, 2.24) is 5.32 Å². The fourth-order valence-corrected chi connectivity index (χ4v) is 2.84. The Morgan fingerprint density at radius 3 is 3.00 bits per heavy atom. The minimum atomic E-state index is -2.98. The van der Waals surface area contributed by atoms with Crippen LogP contribution in [0.3, 0.4) is 0 Å². The second kappa shape index (κ2) is 4.10. The zero-order chi connectivity index (χ0) is 10.7. The first-order chi connectivity index (χ1) is 7.16. The lowest BCUT2D eigenvalue weighted by molar-refractivity contribution is 0.492. The summed E-state index contributed by atoms with van der Waals surface area (Å²) < 4.78 is 27.7. The molecule has 0 spiro atoms. The number of furan rings is 1. The van der Waals surface area contributed by atoms with E-state index in [0.717, 1.165) is 17.9 Å². The number of sulfone groups is 1. The number of nitrogens with one attached hydrogen (secondary N) is 1. The molecule has 2 rings (SSSR count). The molecule has 1 aliphatic rings. The van der Waals surface area contributed by atoms with Gasteiger partial charge in [0.15, 0.2) is 9.84 Å². The van der Waals surface area contributed by atoms with Crippen molar-refractivity contribution >= 4 is 9.84 Å². The summed E-state index contributed by atoms with van der Waals surface area (Å²) in [5.41, 5.74) is 0.776. The first-order valence-corrected chi connectivity index (χ1v) is 6.57. The van der Waals surface area contributed by atoms with Gasteiger partial charge < -0.3 is 9.73 Å². The van der Waals surface area contributed by atoms with Crippen molar-refractivity contribution in [3.05, 3.63) is 35.3 Å². The van der Waals surface area contributed by atoms with Gasteiger partial charge in [-0.15, -0.1) is 0 Å². The van der Waals surface area contributed by atoms with Gasteiger partial charge in [-0.1, -0.05) is 0 Å². The zero-order valence-electron chi connectivity index (χ0n) is 8.27. The summed E-state index contributed by atoms with van der Waals surface area (Å²) in [6, 6.07) is 3.66. The number of hydrogen-bond acceptors (Lipinski definition) is 4. The standard InChI is InChI=1S/C10H13NO3S/c12-15(13)6-2-3-9(8-15)11-7-10-4-1-5-14-10/h1,4-5,8,11H,2-3,6-7H2. The van der Waals surface area contributed by atoms with Crippen LogP contribution in [0.15, 0.2) is 33.9 Å². The van der Waals surface area contributed by atoms with Crippen LogP contribution in [-0.4, -0.2) is 14.2 Å². The van der Waals surface area contributed by atoms with E-state index in [1.54, 1.807) is 6.26 Å². The maximum absolute atomic E-state index is 11.3. The molecular weight excluding hydrogens is 214 g/mol. The second-order valence-electron chi connectivity index (χ2n) is 3.55. The summed E-state index contributed by atoms with van der Waals surface area (Å²) in [5.74, 6) is 1.07. The Morgan fingerprint density at radius 1 is 1.47 bits per heavy atom. The Hall–Kier alpha value is -1.23. The molecule has 0 aliphatic carbocycles. The highest BCUT2D eigenvalue weighted by molar-refractivity contribution is 7.94. The highest BCUT2D eigenvalue weighted by atomic mass is 32.2. The Morgan fingerprint density at radius 2 is 2.33 bits per heavy atom. The lowest BCUT2D eigenvalue weighted by atomic mass is 10.2. The Balaban J connectivity index is 1.98. The van der Waals surface area contributed by atoms with Gasteiger partial charge in [0.2, 0.25) is 0 Å². The van der Waals surface area contributed by atoms with E-state index in [0.29, 0.717) is 13.0 Å². The molecular formula is C10H13NO3S.